The summed E-state index contributed by atoms with van der Waals surface area (Å²) in [5.74, 6) is 0.931. The molecule has 1 aromatic heterocycles. The number of amides is 1. The number of morpholine rings is 1. The molecule has 0 N–H and O–H groups in total. The van der Waals surface area contributed by atoms with Gasteiger partial charge < -0.3 is 14.2 Å². The van der Waals surface area contributed by atoms with Gasteiger partial charge in [0.05, 0.1) is 34.3 Å². The number of fused-ring (bicyclic) bond motifs is 1. The van der Waals surface area contributed by atoms with E-state index in [0.29, 0.717) is 60.8 Å². The Bertz CT molecular complexity index is 1050. The predicted molar refractivity (Wildman–Crippen MR) is 116 cm³/mol. The van der Waals surface area contributed by atoms with Crippen LogP contribution >= 0.6 is 34.8 Å². The molecule has 0 unspecified atom stereocenters. The number of aromatic nitrogens is 2. The lowest BCUT2D eigenvalue weighted by molar-refractivity contribution is -0.135. The van der Waals surface area contributed by atoms with Gasteiger partial charge in [-0.15, -0.1) is 0 Å². The summed E-state index contributed by atoms with van der Waals surface area (Å²) >= 11 is 18.8. The fraction of sp³-hybridized carbons (Fsp3) is 0.333. The van der Waals surface area contributed by atoms with Crippen molar-refractivity contribution in [2.45, 2.75) is 19.4 Å². The summed E-state index contributed by atoms with van der Waals surface area (Å²) in [6.45, 7) is 2.95. The van der Waals surface area contributed by atoms with Gasteiger partial charge in [0.15, 0.2) is 0 Å². The van der Waals surface area contributed by atoms with Crippen LogP contribution in [0.5, 0.6) is 0 Å². The lowest BCUT2D eigenvalue weighted by atomic mass is 10.1. The molecular weight excluding hydrogens is 433 g/mol. The van der Waals surface area contributed by atoms with Crippen molar-refractivity contribution in [3.8, 4) is 0 Å². The molecule has 0 bridgehead atoms. The molecule has 0 saturated carbocycles. The van der Waals surface area contributed by atoms with E-state index >= 15 is 0 Å². The van der Waals surface area contributed by atoms with Crippen LogP contribution in [0.3, 0.4) is 0 Å². The minimum atomic E-state index is 0.110. The summed E-state index contributed by atoms with van der Waals surface area (Å²) in [4.78, 5) is 19.2. The number of benzene rings is 2. The molecule has 1 aliphatic heterocycles. The van der Waals surface area contributed by atoms with Crippen molar-refractivity contribution in [3.05, 3.63) is 62.9 Å². The molecule has 0 aliphatic carbocycles. The van der Waals surface area contributed by atoms with Gasteiger partial charge in [-0.2, -0.15) is 0 Å². The van der Waals surface area contributed by atoms with E-state index in [1.54, 1.807) is 6.07 Å². The number of carbonyl (C=O) groups is 1. The normalized spacial score (nSPS) is 14.5. The molecule has 1 saturated heterocycles. The molecule has 1 fully saturated rings. The number of nitrogens with zero attached hydrogens (tertiary/aromatic N) is 3. The highest BCUT2D eigenvalue weighted by atomic mass is 35.5. The summed E-state index contributed by atoms with van der Waals surface area (Å²) in [5.41, 5.74) is 2.58. The van der Waals surface area contributed by atoms with E-state index in [0.717, 1.165) is 22.4 Å². The Morgan fingerprint density at radius 1 is 1.03 bits per heavy atom. The molecule has 4 rings (SSSR count). The Kier molecular flexibility index (Phi) is 6.30. The third-order valence-corrected chi connectivity index (χ3v) is 6.18. The molecule has 5 nitrogen and oxygen atoms in total. The Morgan fingerprint density at radius 3 is 2.52 bits per heavy atom. The molecule has 0 spiro atoms. The zero-order chi connectivity index (χ0) is 20.4. The second-order valence-corrected chi connectivity index (χ2v) is 8.17. The Balaban J connectivity index is 1.65. The maximum Gasteiger partial charge on any atom is 0.224 e. The topological polar surface area (TPSA) is 47.4 Å². The number of imidazole rings is 1. The van der Waals surface area contributed by atoms with E-state index in [1.165, 1.54) is 0 Å². The van der Waals surface area contributed by atoms with Crippen LogP contribution in [0.15, 0.2) is 36.4 Å². The first kappa shape index (κ1) is 20.5. The Morgan fingerprint density at radius 2 is 1.76 bits per heavy atom. The first-order chi connectivity index (χ1) is 14.0. The van der Waals surface area contributed by atoms with Crippen molar-refractivity contribution in [3.63, 3.8) is 0 Å². The first-order valence-corrected chi connectivity index (χ1v) is 10.6. The second-order valence-electron chi connectivity index (χ2n) is 6.95. The molecule has 8 heteroatoms. The van der Waals surface area contributed by atoms with Gasteiger partial charge in [-0.05, 0) is 23.8 Å². The van der Waals surface area contributed by atoms with E-state index < -0.39 is 0 Å². The van der Waals surface area contributed by atoms with E-state index in [4.69, 9.17) is 44.5 Å². The van der Waals surface area contributed by atoms with E-state index in [2.05, 4.69) is 0 Å². The summed E-state index contributed by atoms with van der Waals surface area (Å²) in [6.07, 6.45) is 0.927. The van der Waals surface area contributed by atoms with Gasteiger partial charge in [-0.1, -0.05) is 53.0 Å². The smallest absolute Gasteiger partial charge is 0.224 e. The van der Waals surface area contributed by atoms with Crippen molar-refractivity contribution < 1.29 is 9.53 Å². The quantitative estimate of drug-likeness (QED) is 0.557. The molecular formula is C21H20Cl3N3O2. The summed E-state index contributed by atoms with van der Waals surface area (Å²) in [5, 5.41) is 1.60. The average molecular weight is 453 g/mol. The minimum absolute atomic E-state index is 0.110. The van der Waals surface area contributed by atoms with Crippen LogP contribution < -0.4 is 0 Å². The van der Waals surface area contributed by atoms with E-state index in [-0.39, 0.29) is 5.91 Å². The van der Waals surface area contributed by atoms with Crippen molar-refractivity contribution in [2.24, 2.45) is 0 Å². The lowest BCUT2D eigenvalue weighted by Gasteiger charge is -2.27. The average Bonchev–Trinajstić information content (AvgIpc) is 3.04. The standard InChI is InChI=1S/C21H20Cl3N3O2/c22-15-4-2-1-3-14(15)11-20-25-18-12-16(23)17(24)13-19(18)27(20)6-5-21(28)26-7-9-29-10-8-26/h1-4,12-13H,5-11H2. The van der Waals surface area contributed by atoms with Crippen LogP contribution in [0.4, 0.5) is 0 Å². The van der Waals surface area contributed by atoms with E-state index in [9.17, 15) is 4.79 Å². The molecule has 29 heavy (non-hydrogen) atoms. The van der Waals surface area contributed by atoms with Crippen LogP contribution in [0.1, 0.15) is 17.8 Å². The number of rotatable bonds is 5. The molecule has 152 valence electrons. The van der Waals surface area contributed by atoms with Gasteiger partial charge in [0.1, 0.15) is 5.82 Å². The fourth-order valence-electron chi connectivity index (χ4n) is 3.54. The number of ether oxygens (including phenoxy) is 1. The van der Waals surface area contributed by atoms with Crippen LogP contribution in [-0.4, -0.2) is 46.7 Å². The molecule has 2 aromatic carbocycles. The molecule has 1 amide bonds. The number of carbonyl (C=O) groups excluding carboxylic acids is 1. The van der Waals surface area contributed by atoms with Gasteiger partial charge >= 0.3 is 0 Å². The molecule has 2 heterocycles. The van der Waals surface area contributed by atoms with Gasteiger partial charge in [-0.25, -0.2) is 4.98 Å². The zero-order valence-electron chi connectivity index (χ0n) is 15.7. The van der Waals surface area contributed by atoms with Gasteiger partial charge in [0.25, 0.3) is 0 Å². The highest BCUT2D eigenvalue weighted by molar-refractivity contribution is 6.42. The summed E-state index contributed by atoms with van der Waals surface area (Å²) in [7, 11) is 0. The Labute approximate surface area is 184 Å². The molecule has 1 aliphatic rings. The second kappa shape index (κ2) is 8.92. The third kappa shape index (κ3) is 4.53. The minimum Gasteiger partial charge on any atom is -0.378 e. The molecule has 0 atom stereocenters. The maximum atomic E-state index is 12.6. The van der Waals surface area contributed by atoms with E-state index in [1.807, 2.05) is 39.8 Å². The van der Waals surface area contributed by atoms with Crippen molar-refractivity contribution >= 4 is 51.7 Å². The first-order valence-electron chi connectivity index (χ1n) is 9.46. The van der Waals surface area contributed by atoms with Crippen LogP contribution in [0, 0.1) is 0 Å². The zero-order valence-corrected chi connectivity index (χ0v) is 18.0. The summed E-state index contributed by atoms with van der Waals surface area (Å²) < 4.78 is 7.37. The summed E-state index contributed by atoms with van der Waals surface area (Å²) in [6, 6.07) is 11.3. The van der Waals surface area contributed by atoms with Gasteiger partial charge in [-0.3, -0.25) is 4.79 Å². The highest BCUT2D eigenvalue weighted by Crippen LogP contribution is 2.30. The highest BCUT2D eigenvalue weighted by Gasteiger charge is 2.19. The van der Waals surface area contributed by atoms with Crippen LogP contribution in [0.25, 0.3) is 11.0 Å². The maximum absolute atomic E-state index is 12.6. The Hall–Kier alpha value is -1.79. The van der Waals surface area contributed by atoms with Gasteiger partial charge in [0, 0.05) is 37.5 Å². The lowest BCUT2D eigenvalue weighted by Crippen LogP contribution is -2.41. The monoisotopic (exact) mass is 451 g/mol. The largest absolute Gasteiger partial charge is 0.378 e. The number of hydrogen-bond acceptors (Lipinski definition) is 3. The van der Waals surface area contributed by atoms with Crippen molar-refractivity contribution in [1.82, 2.24) is 14.5 Å². The van der Waals surface area contributed by atoms with Gasteiger partial charge in [0.2, 0.25) is 5.91 Å². The predicted octanol–water partition coefficient (Wildman–Crippen LogP) is 4.84. The third-order valence-electron chi connectivity index (χ3n) is 5.09. The van der Waals surface area contributed by atoms with Crippen LogP contribution in [-0.2, 0) is 22.5 Å². The van der Waals surface area contributed by atoms with Crippen molar-refractivity contribution in [1.29, 1.82) is 0 Å². The number of halogens is 3. The van der Waals surface area contributed by atoms with Crippen molar-refractivity contribution in [2.75, 3.05) is 26.3 Å². The number of aryl methyl sites for hydroxylation is 1. The molecule has 0 radical (unpaired) electrons. The van der Waals surface area contributed by atoms with Crippen LogP contribution in [0.2, 0.25) is 15.1 Å². The SMILES string of the molecule is O=C(CCn1c(Cc2ccccc2Cl)nc2cc(Cl)c(Cl)cc21)N1CCOCC1. The molecule has 3 aromatic rings. The number of hydrogen-bond donors (Lipinski definition) is 0. The fourth-order valence-corrected chi connectivity index (χ4v) is 4.06.